The first-order valence-electron chi connectivity index (χ1n) is 6.45. The van der Waals surface area contributed by atoms with Crippen LogP contribution < -0.4 is 10.1 Å². The smallest absolute Gasteiger partial charge is 0.331 e. The number of hydrogen-bond donors (Lipinski definition) is 1. The Balaban J connectivity index is 3.16. The number of ether oxygens (including phenoxy) is 2. The highest BCUT2D eigenvalue weighted by atomic mass is 16.5. The third-order valence-corrected chi connectivity index (χ3v) is 3.14. The maximum atomic E-state index is 12.0. The van der Waals surface area contributed by atoms with Crippen molar-refractivity contribution in [2.24, 2.45) is 0 Å². The molecule has 1 N–H and O–H groups in total. The second-order valence-corrected chi connectivity index (χ2v) is 4.72. The summed E-state index contributed by atoms with van der Waals surface area (Å²) < 4.78 is 10.0. The summed E-state index contributed by atoms with van der Waals surface area (Å²) in [4.78, 5) is 12.0. The normalized spacial score (nSPS) is 12.9. The van der Waals surface area contributed by atoms with Gasteiger partial charge in [-0.05, 0) is 25.5 Å². The van der Waals surface area contributed by atoms with Gasteiger partial charge in [-0.1, -0.05) is 13.3 Å². The summed E-state index contributed by atoms with van der Waals surface area (Å²) in [6.07, 6.45) is 1.41. The van der Waals surface area contributed by atoms with Crippen LogP contribution in [0.25, 0.3) is 0 Å². The molecule has 108 valence electrons. The molecule has 1 aromatic rings. The Morgan fingerprint density at radius 3 is 2.65 bits per heavy atom. The quantitative estimate of drug-likeness (QED) is 0.809. The molecule has 0 radical (unpaired) electrons. The molecule has 0 saturated heterocycles. The monoisotopic (exact) mass is 276 g/mol. The zero-order valence-corrected chi connectivity index (χ0v) is 12.3. The summed E-state index contributed by atoms with van der Waals surface area (Å²) in [6, 6.07) is 7.17. The molecule has 0 fully saturated rings. The van der Waals surface area contributed by atoms with Gasteiger partial charge in [0.05, 0.1) is 25.5 Å². The van der Waals surface area contributed by atoms with Crippen molar-refractivity contribution in [3.8, 4) is 11.8 Å². The Hall–Kier alpha value is -2.22. The third kappa shape index (κ3) is 3.41. The molecule has 0 saturated carbocycles. The Labute approximate surface area is 119 Å². The maximum absolute atomic E-state index is 12.0. The van der Waals surface area contributed by atoms with Crippen LogP contribution in [0.3, 0.4) is 0 Å². The molecular formula is C15H20N2O3. The van der Waals surface area contributed by atoms with E-state index in [4.69, 9.17) is 14.7 Å². The first kappa shape index (κ1) is 15.8. The van der Waals surface area contributed by atoms with Gasteiger partial charge < -0.3 is 14.8 Å². The van der Waals surface area contributed by atoms with Crippen LogP contribution in [0.15, 0.2) is 18.2 Å². The first-order valence-corrected chi connectivity index (χ1v) is 6.45. The van der Waals surface area contributed by atoms with E-state index in [-0.39, 0.29) is 5.97 Å². The van der Waals surface area contributed by atoms with Crippen LogP contribution in [0, 0.1) is 11.3 Å². The second-order valence-electron chi connectivity index (χ2n) is 4.72. The number of anilines is 1. The molecule has 5 heteroatoms. The van der Waals surface area contributed by atoms with Gasteiger partial charge in [0, 0.05) is 6.07 Å². The molecule has 0 bridgehead atoms. The fourth-order valence-corrected chi connectivity index (χ4v) is 2.09. The van der Waals surface area contributed by atoms with Crippen LogP contribution in [0.2, 0.25) is 0 Å². The van der Waals surface area contributed by atoms with Crippen LogP contribution >= 0.6 is 0 Å². The molecule has 1 rings (SSSR count). The van der Waals surface area contributed by atoms with Gasteiger partial charge in [0.15, 0.2) is 0 Å². The van der Waals surface area contributed by atoms with E-state index in [9.17, 15) is 4.79 Å². The molecule has 0 aliphatic rings. The summed E-state index contributed by atoms with van der Waals surface area (Å²) in [5, 5.41) is 12.3. The van der Waals surface area contributed by atoms with Gasteiger partial charge in [0.1, 0.15) is 17.4 Å². The average molecular weight is 276 g/mol. The van der Waals surface area contributed by atoms with Crippen molar-refractivity contribution in [3.63, 3.8) is 0 Å². The predicted octanol–water partition coefficient (Wildman–Crippen LogP) is 2.71. The lowest BCUT2D eigenvalue weighted by Crippen LogP contribution is -2.44. The molecule has 0 heterocycles. The molecule has 1 aromatic carbocycles. The Morgan fingerprint density at radius 2 is 2.15 bits per heavy atom. The minimum Gasteiger partial charge on any atom is -0.497 e. The van der Waals surface area contributed by atoms with E-state index >= 15 is 0 Å². The standard InChI is InChI=1S/C15H20N2O3/c1-5-8-15(2,14(18)20-4)17-13-9-12(19-3)7-6-11(13)10-16/h6-7,9,17H,5,8H2,1-4H3. The second kappa shape index (κ2) is 6.80. The lowest BCUT2D eigenvalue weighted by molar-refractivity contribution is -0.145. The van der Waals surface area contributed by atoms with E-state index in [1.807, 2.05) is 6.92 Å². The summed E-state index contributed by atoms with van der Waals surface area (Å²) >= 11 is 0. The number of carbonyl (C=O) groups excluding carboxylic acids is 1. The third-order valence-electron chi connectivity index (χ3n) is 3.14. The fourth-order valence-electron chi connectivity index (χ4n) is 2.09. The van der Waals surface area contributed by atoms with Gasteiger partial charge in [0.25, 0.3) is 0 Å². The molecule has 1 atom stereocenters. The topological polar surface area (TPSA) is 71.3 Å². The highest BCUT2D eigenvalue weighted by Gasteiger charge is 2.34. The van der Waals surface area contributed by atoms with Crippen molar-refractivity contribution in [3.05, 3.63) is 23.8 Å². The predicted molar refractivity (Wildman–Crippen MR) is 76.7 cm³/mol. The van der Waals surface area contributed by atoms with Crippen molar-refractivity contribution < 1.29 is 14.3 Å². The molecule has 0 spiro atoms. The average Bonchev–Trinajstić information content (AvgIpc) is 2.46. The molecule has 5 nitrogen and oxygen atoms in total. The van der Waals surface area contributed by atoms with Gasteiger partial charge >= 0.3 is 5.97 Å². The number of nitrogens with one attached hydrogen (secondary N) is 1. The SMILES string of the molecule is CCCC(C)(Nc1cc(OC)ccc1C#N)C(=O)OC. The highest BCUT2D eigenvalue weighted by molar-refractivity contribution is 5.84. The van der Waals surface area contributed by atoms with E-state index < -0.39 is 5.54 Å². The van der Waals surface area contributed by atoms with Crippen LogP contribution in [-0.2, 0) is 9.53 Å². The Bertz CT molecular complexity index is 522. The van der Waals surface area contributed by atoms with Crippen molar-refractivity contribution in [1.82, 2.24) is 0 Å². The largest absolute Gasteiger partial charge is 0.497 e. The van der Waals surface area contributed by atoms with Crippen molar-refractivity contribution in [1.29, 1.82) is 5.26 Å². The Kier molecular flexibility index (Phi) is 5.39. The molecule has 0 amide bonds. The van der Waals surface area contributed by atoms with Crippen molar-refractivity contribution >= 4 is 11.7 Å². The number of carbonyl (C=O) groups is 1. The van der Waals surface area contributed by atoms with E-state index in [0.29, 0.717) is 23.4 Å². The first-order chi connectivity index (χ1) is 9.50. The highest BCUT2D eigenvalue weighted by Crippen LogP contribution is 2.27. The molecule has 1 unspecified atom stereocenters. The van der Waals surface area contributed by atoms with E-state index in [1.165, 1.54) is 7.11 Å². The minimum atomic E-state index is -0.874. The zero-order valence-electron chi connectivity index (χ0n) is 12.3. The zero-order chi connectivity index (χ0) is 15.2. The van der Waals surface area contributed by atoms with Gasteiger partial charge in [-0.25, -0.2) is 4.79 Å². The van der Waals surface area contributed by atoms with Crippen molar-refractivity contribution in [2.45, 2.75) is 32.2 Å². The minimum absolute atomic E-state index is 0.356. The fraction of sp³-hybridized carbons (Fsp3) is 0.467. The lowest BCUT2D eigenvalue weighted by Gasteiger charge is -2.29. The summed E-state index contributed by atoms with van der Waals surface area (Å²) in [7, 11) is 2.91. The number of rotatable bonds is 6. The molecular weight excluding hydrogens is 256 g/mol. The van der Waals surface area contributed by atoms with E-state index in [0.717, 1.165) is 6.42 Å². The van der Waals surface area contributed by atoms with Crippen LogP contribution in [-0.4, -0.2) is 25.7 Å². The van der Waals surface area contributed by atoms with E-state index in [1.54, 1.807) is 32.2 Å². The van der Waals surface area contributed by atoms with Gasteiger partial charge in [0.2, 0.25) is 0 Å². The van der Waals surface area contributed by atoms with Crippen LogP contribution in [0.4, 0.5) is 5.69 Å². The van der Waals surface area contributed by atoms with Gasteiger partial charge in [-0.2, -0.15) is 5.26 Å². The number of nitriles is 1. The molecule has 20 heavy (non-hydrogen) atoms. The summed E-state index contributed by atoms with van der Waals surface area (Å²) in [6.45, 7) is 3.75. The summed E-state index contributed by atoms with van der Waals surface area (Å²) in [5.74, 6) is 0.265. The van der Waals surface area contributed by atoms with Crippen LogP contribution in [0.1, 0.15) is 32.3 Å². The number of hydrogen-bond acceptors (Lipinski definition) is 5. The number of esters is 1. The molecule has 0 aliphatic carbocycles. The number of nitrogens with zero attached hydrogens (tertiary/aromatic N) is 1. The van der Waals surface area contributed by atoms with Gasteiger partial charge in [-0.3, -0.25) is 0 Å². The Morgan fingerprint density at radius 1 is 1.45 bits per heavy atom. The summed E-state index contributed by atoms with van der Waals surface area (Å²) in [5.41, 5.74) is 0.145. The number of benzene rings is 1. The lowest BCUT2D eigenvalue weighted by atomic mass is 9.95. The number of methoxy groups -OCH3 is 2. The molecule has 0 aliphatic heterocycles. The molecule has 0 aromatic heterocycles. The van der Waals surface area contributed by atoms with Crippen LogP contribution in [0.5, 0.6) is 5.75 Å². The van der Waals surface area contributed by atoms with Gasteiger partial charge in [-0.15, -0.1) is 0 Å². The maximum Gasteiger partial charge on any atom is 0.331 e. The van der Waals surface area contributed by atoms with Crippen molar-refractivity contribution in [2.75, 3.05) is 19.5 Å². The van der Waals surface area contributed by atoms with E-state index in [2.05, 4.69) is 11.4 Å².